The van der Waals surface area contributed by atoms with Gasteiger partial charge in [-0.1, -0.05) is 19.3 Å². The van der Waals surface area contributed by atoms with Gasteiger partial charge in [-0.25, -0.2) is 0 Å². The van der Waals surface area contributed by atoms with E-state index < -0.39 is 0 Å². The molecule has 0 bridgehead atoms. The monoisotopic (exact) mass is 182 g/mol. The van der Waals surface area contributed by atoms with Crippen LogP contribution < -0.4 is 5.32 Å². The molecule has 0 fully saturated rings. The lowest BCUT2D eigenvalue weighted by atomic mass is 10.2. The van der Waals surface area contributed by atoms with Gasteiger partial charge < -0.3 is 10.2 Å². The van der Waals surface area contributed by atoms with Gasteiger partial charge in [-0.2, -0.15) is 0 Å². The molecular formula is C11H22N2. The largest absolute Gasteiger partial charge is 0.309 e. The molecule has 0 spiro atoms. The van der Waals surface area contributed by atoms with Crippen molar-refractivity contribution in [2.24, 2.45) is 0 Å². The summed E-state index contributed by atoms with van der Waals surface area (Å²) < 4.78 is 0. The molecule has 0 aliphatic rings. The second-order valence-electron chi connectivity index (χ2n) is 3.62. The standard InChI is InChI=1S/C11H22N2/c1-5-8-11(6-2)12-9-7-10-13(3)4/h2,11-12H,5,7-10H2,1,3-4H3. The molecular weight excluding hydrogens is 160 g/mol. The van der Waals surface area contributed by atoms with Crippen LogP contribution in [0.2, 0.25) is 0 Å². The summed E-state index contributed by atoms with van der Waals surface area (Å²) >= 11 is 0. The molecule has 0 aromatic carbocycles. The Balaban J connectivity index is 3.34. The highest BCUT2D eigenvalue weighted by Crippen LogP contribution is 1.94. The number of terminal acetylenes is 1. The fourth-order valence-electron chi connectivity index (χ4n) is 1.20. The van der Waals surface area contributed by atoms with Gasteiger partial charge in [-0.3, -0.25) is 0 Å². The molecule has 0 aliphatic carbocycles. The quantitative estimate of drug-likeness (QED) is 0.472. The van der Waals surface area contributed by atoms with Crippen LogP contribution in [0.15, 0.2) is 0 Å². The van der Waals surface area contributed by atoms with Gasteiger partial charge in [0.05, 0.1) is 6.04 Å². The van der Waals surface area contributed by atoms with Crippen LogP contribution in [0.1, 0.15) is 26.2 Å². The van der Waals surface area contributed by atoms with E-state index in [0.717, 1.165) is 32.4 Å². The Kier molecular flexibility index (Phi) is 7.77. The van der Waals surface area contributed by atoms with Crippen molar-refractivity contribution < 1.29 is 0 Å². The maximum atomic E-state index is 5.38. The van der Waals surface area contributed by atoms with Gasteiger partial charge in [0.25, 0.3) is 0 Å². The van der Waals surface area contributed by atoms with Gasteiger partial charge in [0.2, 0.25) is 0 Å². The highest BCUT2D eigenvalue weighted by Gasteiger charge is 2.00. The maximum Gasteiger partial charge on any atom is 0.0686 e. The second kappa shape index (κ2) is 8.10. The first-order valence-electron chi connectivity index (χ1n) is 5.05. The van der Waals surface area contributed by atoms with Gasteiger partial charge in [0, 0.05) is 0 Å². The first kappa shape index (κ1) is 12.5. The Bertz CT molecular complexity index is 147. The van der Waals surface area contributed by atoms with Gasteiger partial charge in [-0.15, -0.1) is 6.42 Å². The summed E-state index contributed by atoms with van der Waals surface area (Å²) in [7, 11) is 4.18. The van der Waals surface area contributed by atoms with Crippen molar-refractivity contribution in [3.63, 3.8) is 0 Å². The third kappa shape index (κ3) is 7.83. The number of rotatable bonds is 7. The lowest BCUT2D eigenvalue weighted by molar-refractivity contribution is 0.390. The van der Waals surface area contributed by atoms with Crippen molar-refractivity contribution in [3.05, 3.63) is 0 Å². The molecule has 0 aliphatic heterocycles. The van der Waals surface area contributed by atoms with E-state index in [1.165, 1.54) is 0 Å². The fourth-order valence-corrected chi connectivity index (χ4v) is 1.20. The average Bonchev–Trinajstić information content (AvgIpc) is 2.10. The first-order chi connectivity index (χ1) is 6.20. The summed E-state index contributed by atoms with van der Waals surface area (Å²) in [6.07, 6.45) is 8.77. The van der Waals surface area contributed by atoms with Crippen LogP contribution in [0.25, 0.3) is 0 Å². The van der Waals surface area contributed by atoms with E-state index in [1.807, 2.05) is 0 Å². The molecule has 76 valence electrons. The predicted octanol–water partition coefficient (Wildman–Crippen LogP) is 1.33. The summed E-state index contributed by atoms with van der Waals surface area (Å²) in [4.78, 5) is 2.19. The zero-order valence-electron chi connectivity index (χ0n) is 9.14. The van der Waals surface area contributed by atoms with Gasteiger partial charge >= 0.3 is 0 Å². The van der Waals surface area contributed by atoms with Gasteiger partial charge in [-0.05, 0) is 40.0 Å². The molecule has 2 heteroatoms. The summed E-state index contributed by atoms with van der Waals surface area (Å²) in [5.41, 5.74) is 0. The molecule has 0 saturated carbocycles. The molecule has 0 radical (unpaired) electrons. The number of hydrogen-bond donors (Lipinski definition) is 1. The predicted molar refractivity (Wildman–Crippen MR) is 58.7 cm³/mol. The fraction of sp³-hybridized carbons (Fsp3) is 0.818. The van der Waals surface area contributed by atoms with Crippen molar-refractivity contribution >= 4 is 0 Å². The van der Waals surface area contributed by atoms with Crippen LogP contribution in [-0.4, -0.2) is 38.1 Å². The van der Waals surface area contributed by atoms with Crippen LogP contribution in [-0.2, 0) is 0 Å². The van der Waals surface area contributed by atoms with Crippen molar-refractivity contribution in [2.45, 2.75) is 32.2 Å². The highest BCUT2D eigenvalue weighted by molar-refractivity contribution is 4.98. The zero-order valence-corrected chi connectivity index (χ0v) is 9.14. The summed E-state index contributed by atoms with van der Waals surface area (Å²) in [5.74, 6) is 2.77. The number of nitrogens with one attached hydrogen (secondary N) is 1. The van der Waals surface area contributed by atoms with E-state index >= 15 is 0 Å². The minimum atomic E-state index is 0.271. The van der Waals surface area contributed by atoms with Crippen LogP contribution >= 0.6 is 0 Å². The van der Waals surface area contributed by atoms with E-state index in [4.69, 9.17) is 6.42 Å². The van der Waals surface area contributed by atoms with Crippen molar-refractivity contribution in [3.8, 4) is 12.3 Å². The van der Waals surface area contributed by atoms with Crippen molar-refractivity contribution in [1.29, 1.82) is 0 Å². The molecule has 0 saturated heterocycles. The van der Waals surface area contributed by atoms with Crippen molar-refractivity contribution in [1.82, 2.24) is 10.2 Å². The normalized spacial score (nSPS) is 12.8. The van der Waals surface area contributed by atoms with E-state index in [2.05, 4.69) is 37.2 Å². The van der Waals surface area contributed by atoms with E-state index in [-0.39, 0.29) is 6.04 Å². The lowest BCUT2D eigenvalue weighted by Crippen LogP contribution is -2.30. The summed E-state index contributed by atoms with van der Waals surface area (Å²) in [5, 5.41) is 3.36. The van der Waals surface area contributed by atoms with Crippen LogP contribution in [0.3, 0.4) is 0 Å². The Morgan fingerprint density at radius 2 is 2.15 bits per heavy atom. The van der Waals surface area contributed by atoms with E-state index in [1.54, 1.807) is 0 Å². The highest BCUT2D eigenvalue weighted by atomic mass is 15.1. The smallest absolute Gasteiger partial charge is 0.0686 e. The lowest BCUT2D eigenvalue weighted by Gasteiger charge is -2.13. The number of nitrogens with zero attached hydrogens (tertiary/aromatic N) is 1. The molecule has 0 aromatic heterocycles. The Labute approximate surface area is 82.7 Å². The summed E-state index contributed by atoms with van der Waals surface area (Å²) in [6, 6.07) is 0.271. The molecule has 0 aromatic rings. The molecule has 13 heavy (non-hydrogen) atoms. The van der Waals surface area contributed by atoms with Crippen molar-refractivity contribution in [2.75, 3.05) is 27.2 Å². The van der Waals surface area contributed by atoms with Crippen LogP contribution in [0, 0.1) is 12.3 Å². The van der Waals surface area contributed by atoms with Crippen LogP contribution in [0.4, 0.5) is 0 Å². The first-order valence-corrected chi connectivity index (χ1v) is 5.05. The maximum absolute atomic E-state index is 5.38. The van der Waals surface area contributed by atoms with Gasteiger partial charge in [0.1, 0.15) is 0 Å². The molecule has 1 atom stereocenters. The van der Waals surface area contributed by atoms with E-state index in [0.29, 0.717) is 0 Å². The minimum Gasteiger partial charge on any atom is -0.309 e. The summed E-state index contributed by atoms with van der Waals surface area (Å²) in [6.45, 7) is 4.30. The number of hydrogen-bond acceptors (Lipinski definition) is 2. The molecule has 1 N–H and O–H groups in total. The second-order valence-corrected chi connectivity index (χ2v) is 3.62. The van der Waals surface area contributed by atoms with Crippen LogP contribution in [0.5, 0.6) is 0 Å². The Morgan fingerprint density at radius 3 is 2.62 bits per heavy atom. The topological polar surface area (TPSA) is 15.3 Å². The Morgan fingerprint density at radius 1 is 1.46 bits per heavy atom. The minimum absolute atomic E-state index is 0.271. The van der Waals surface area contributed by atoms with E-state index in [9.17, 15) is 0 Å². The SMILES string of the molecule is C#CC(CCC)NCCCN(C)C. The Hall–Kier alpha value is -0.520. The zero-order chi connectivity index (χ0) is 10.1. The van der Waals surface area contributed by atoms with Gasteiger partial charge in [0.15, 0.2) is 0 Å². The molecule has 2 nitrogen and oxygen atoms in total. The third-order valence-electron chi connectivity index (χ3n) is 1.95. The molecule has 0 amide bonds. The molecule has 0 rings (SSSR count). The average molecular weight is 182 g/mol. The third-order valence-corrected chi connectivity index (χ3v) is 1.95. The molecule has 1 unspecified atom stereocenters. The molecule has 0 heterocycles.